The van der Waals surface area contributed by atoms with Crippen molar-refractivity contribution in [2.75, 3.05) is 5.84 Å². The molecule has 90 valence electrons. The monoisotopic (exact) mass is 240 g/mol. The van der Waals surface area contributed by atoms with E-state index in [-0.39, 0.29) is 4.87 Å². The van der Waals surface area contributed by atoms with Gasteiger partial charge in [0.05, 0.1) is 5.69 Å². The third-order valence-corrected chi connectivity index (χ3v) is 4.54. The summed E-state index contributed by atoms with van der Waals surface area (Å²) >= 11 is 1.34. The average Bonchev–Trinajstić information content (AvgIpc) is 2.52. The number of nitrogen functional groups attached to an aromatic ring is 1. The Morgan fingerprint density at radius 2 is 2.00 bits per heavy atom. The molecule has 3 nitrogen and oxygen atoms in total. The number of aromatic nitrogens is 1. The van der Waals surface area contributed by atoms with Crippen LogP contribution in [-0.2, 0) is 12.8 Å². The predicted octanol–water partition coefficient (Wildman–Crippen LogP) is 2.31. The summed E-state index contributed by atoms with van der Waals surface area (Å²) in [5.41, 5.74) is 1.09. The van der Waals surface area contributed by atoms with Gasteiger partial charge in [0.2, 0.25) is 0 Å². The number of nitrogens with zero attached hydrogens (tertiary/aromatic N) is 1. The molecule has 0 amide bonds. The number of hydrogen-bond acceptors (Lipinski definition) is 3. The molecule has 0 aromatic carbocycles. The van der Waals surface area contributed by atoms with Crippen molar-refractivity contribution in [1.82, 2.24) is 4.68 Å². The van der Waals surface area contributed by atoms with Crippen molar-refractivity contribution >= 4 is 11.3 Å². The summed E-state index contributed by atoms with van der Waals surface area (Å²) in [6, 6.07) is 0. The van der Waals surface area contributed by atoms with Crippen molar-refractivity contribution in [3.63, 3.8) is 0 Å². The SMILES string of the molecule is C[C@H]1CCCCc2sc(=O)n(N)c2CCC1. The fourth-order valence-electron chi connectivity index (χ4n) is 2.45. The van der Waals surface area contributed by atoms with E-state index in [1.165, 1.54) is 46.6 Å². The molecule has 0 saturated heterocycles. The Kier molecular flexibility index (Phi) is 3.69. The maximum Gasteiger partial charge on any atom is 0.325 e. The van der Waals surface area contributed by atoms with Crippen LogP contribution in [0.4, 0.5) is 0 Å². The van der Waals surface area contributed by atoms with Gasteiger partial charge >= 0.3 is 4.87 Å². The van der Waals surface area contributed by atoms with Crippen molar-refractivity contribution in [3.05, 3.63) is 20.2 Å². The molecule has 1 aliphatic rings. The number of hydrogen-bond donors (Lipinski definition) is 1. The molecule has 1 aromatic rings. The van der Waals surface area contributed by atoms with Crippen LogP contribution in [0.3, 0.4) is 0 Å². The van der Waals surface area contributed by atoms with Gasteiger partial charge in [-0.2, -0.15) is 0 Å². The highest BCUT2D eigenvalue weighted by Gasteiger charge is 2.14. The lowest BCUT2D eigenvalue weighted by atomic mass is 9.94. The van der Waals surface area contributed by atoms with Crippen molar-refractivity contribution in [1.29, 1.82) is 0 Å². The van der Waals surface area contributed by atoms with Crippen LogP contribution >= 0.6 is 11.3 Å². The number of nitrogens with two attached hydrogens (primary N) is 1. The zero-order valence-corrected chi connectivity index (χ0v) is 10.7. The highest BCUT2D eigenvalue weighted by molar-refractivity contribution is 7.09. The van der Waals surface area contributed by atoms with Gasteiger partial charge in [0.15, 0.2) is 0 Å². The van der Waals surface area contributed by atoms with Crippen molar-refractivity contribution in [3.8, 4) is 0 Å². The second-order valence-corrected chi connectivity index (χ2v) is 5.90. The lowest BCUT2D eigenvalue weighted by Crippen LogP contribution is -2.24. The smallest absolute Gasteiger partial charge is 0.325 e. The number of thiazole rings is 1. The summed E-state index contributed by atoms with van der Waals surface area (Å²) in [4.78, 5) is 12.7. The van der Waals surface area contributed by atoms with Crippen molar-refractivity contribution in [2.24, 2.45) is 5.92 Å². The van der Waals surface area contributed by atoms with Crippen molar-refractivity contribution < 1.29 is 0 Å². The third kappa shape index (κ3) is 2.48. The van der Waals surface area contributed by atoms with Gasteiger partial charge in [0.1, 0.15) is 0 Å². The van der Waals surface area contributed by atoms with Gasteiger partial charge in [-0.3, -0.25) is 4.79 Å². The first-order chi connectivity index (χ1) is 7.68. The van der Waals surface area contributed by atoms with Gasteiger partial charge in [-0.25, -0.2) is 4.68 Å². The molecule has 2 rings (SSSR count). The Hall–Kier alpha value is -0.770. The normalized spacial score (nSPS) is 22.7. The highest BCUT2D eigenvalue weighted by atomic mass is 32.1. The molecule has 4 heteroatoms. The third-order valence-electron chi connectivity index (χ3n) is 3.48. The van der Waals surface area contributed by atoms with Crippen LogP contribution < -0.4 is 10.7 Å². The van der Waals surface area contributed by atoms with E-state index in [2.05, 4.69) is 6.92 Å². The molecular weight excluding hydrogens is 220 g/mol. The molecule has 1 atom stereocenters. The number of fused-ring (bicyclic) bond motifs is 1. The maximum absolute atomic E-state index is 11.5. The summed E-state index contributed by atoms with van der Waals surface area (Å²) in [5.74, 6) is 6.60. The predicted molar refractivity (Wildman–Crippen MR) is 68.4 cm³/mol. The Morgan fingerprint density at radius 1 is 1.25 bits per heavy atom. The van der Waals surface area contributed by atoms with Gasteiger partial charge in [-0.15, -0.1) is 0 Å². The van der Waals surface area contributed by atoms with E-state index in [1.54, 1.807) is 0 Å². The minimum absolute atomic E-state index is 0.00250. The Labute approximate surface area is 100 Å². The second-order valence-electron chi connectivity index (χ2n) is 4.85. The van der Waals surface area contributed by atoms with Gasteiger partial charge < -0.3 is 5.84 Å². The van der Waals surface area contributed by atoms with Crippen LogP contribution in [0.1, 0.15) is 49.6 Å². The van der Waals surface area contributed by atoms with Gasteiger partial charge in [0.25, 0.3) is 0 Å². The maximum atomic E-state index is 11.5. The first-order valence-electron chi connectivity index (χ1n) is 6.17. The molecule has 0 spiro atoms. The van der Waals surface area contributed by atoms with E-state index in [0.29, 0.717) is 0 Å². The van der Waals surface area contributed by atoms with E-state index >= 15 is 0 Å². The van der Waals surface area contributed by atoms with Gasteiger partial charge in [-0.1, -0.05) is 37.5 Å². The van der Waals surface area contributed by atoms with Crippen LogP contribution in [0.2, 0.25) is 0 Å². The molecule has 0 radical (unpaired) electrons. The summed E-state index contributed by atoms with van der Waals surface area (Å²) < 4.78 is 1.37. The van der Waals surface area contributed by atoms with E-state index < -0.39 is 0 Å². The Morgan fingerprint density at radius 3 is 2.81 bits per heavy atom. The average molecular weight is 240 g/mol. The summed E-state index contributed by atoms with van der Waals surface area (Å²) in [7, 11) is 0. The Balaban J connectivity index is 2.20. The number of rotatable bonds is 0. The lowest BCUT2D eigenvalue weighted by molar-refractivity contribution is 0.444. The first kappa shape index (κ1) is 11.7. The van der Waals surface area contributed by atoms with E-state index in [9.17, 15) is 4.79 Å². The molecular formula is C12H20N2OS. The van der Waals surface area contributed by atoms with Gasteiger partial charge in [-0.05, 0) is 31.6 Å². The Bertz CT molecular complexity index is 408. The summed E-state index contributed by atoms with van der Waals surface area (Å²) in [5, 5.41) is 0. The minimum atomic E-state index is -0.00250. The van der Waals surface area contributed by atoms with Crippen LogP contribution in [-0.4, -0.2) is 4.68 Å². The molecule has 0 fully saturated rings. The fraction of sp³-hybridized carbons (Fsp3) is 0.750. The van der Waals surface area contributed by atoms with Crippen LogP contribution in [0.15, 0.2) is 4.79 Å². The quantitative estimate of drug-likeness (QED) is 0.707. The first-order valence-corrected chi connectivity index (χ1v) is 6.99. The van der Waals surface area contributed by atoms with Crippen LogP contribution in [0.25, 0.3) is 0 Å². The molecule has 1 aromatic heterocycles. The second kappa shape index (κ2) is 5.04. The molecule has 2 N–H and O–H groups in total. The van der Waals surface area contributed by atoms with Crippen molar-refractivity contribution in [2.45, 2.75) is 51.9 Å². The van der Waals surface area contributed by atoms with E-state index in [1.807, 2.05) is 0 Å². The van der Waals surface area contributed by atoms with E-state index in [4.69, 9.17) is 5.84 Å². The summed E-state index contributed by atoms with van der Waals surface area (Å²) in [6.45, 7) is 2.33. The fourth-order valence-corrected chi connectivity index (χ4v) is 3.44. The minimum Gasteiger partial charge on any atom is -0.336 e. The molecule has 1 heterocycles. The van der Waals surface area contributed by atoms with Crippen LogP contribution in [0, 0.1) is 5.92 Å². The molecule has 0 bridgehead atoms. The number of aryl methyl sites for hydroxylation is 1. The highest BCUT2D eigenvalue weighted by Crippen LogP contribution is 2.23. The van der Waals surface area contributed by atoms with E-state index in [0.717, 1.165) is 30.9 Å². The van der Waals surface area contributed by atoms with Crippen LogP contribution in [0.5, 0.6) is 0 Å². The standard InChI is InChI=1S/C12H20N2OS/c1-9-5-2-3-8-11-10(7-4-6-9)14(13)12(15)16-11/h9H,2-8,13H2,1H3/t9-/m0/s1. The summed E-state index contributed by atoms with van der Waals surface area (Å²) in [6.07, 6.45) is 8.20. The zero-order chi connectivity index (χ0) is 11.5. The van der Waals surface area contributed by atoms with Gasteiger partial charge in [0, 0.05) is 4.88 Å². The topological polar surface area (TPSA) is 48.0 Å². The largest absolute Gasteiger partial charge is 0.336 e. The molecule has 0 aliphatic heterocycles. The molecule has 0 unspecified atom stereocenters. The zero-order valence-electron chi connectivity index (χ0n) is 9.87. The molecule has 16 heavy (non-hydrogen) atoms. The molecule has 0 saturated carbocycles. The molecule has 1 aliphatic carbocycles. The lowest BCUT2D eigenvalue weighted by Gasteiger charge is -2.14.